The molecule has 0 aliphatic heterocycles. The van der Waals surface area contributed by atoms with E-state index in [4.69, 9.17) is 28.0 Å². The van der Waals surface area contributed by atoms with Gasteiger partial charge in [-0.05, 0) is 0 Å². The van der Waals surface area contributed by atoms with Crippen LogP contribution in [0.25, 0.3) is 0 Å². The molecule has 0 radical (unpaired) electrons. The fourth-order valence-corrected chi connectivity index (χ4v) is 0.382. The fourth-order valence-electron chi connectivity index (χ4n) is 0.382. The van der Waals surface area contributed by atoms with Crippen molar-refractivity contribution in [3.63, 3.8) is 0 Å². The van der Waals surface area contributed by atoms with Crippen LogP contribution >= 0.6 is 0 Å². The zero-order chi connectivity index (χ0) is 11.0. The van der Waals surface area contributed by atoms with Crippen LogP contribution in [0.15, 0.2) is 20.4 Å². The number of hydrogen-bond donors (Lipinski definition) is 5. The summed E-state index contributed by atoms with van der Waals surface area (Å²) < 4.78 is 0. The van der Waals surface area contributed by atoms with Gasteiger partial charge in [0.2, 0.25) is 11.9 Å². The molecule has 0 unspecified atom stereocenters. The summed E-state index contributed by atoms with van der Waals surface area (Å²) in [6.07, 6.45) is 1.12. The molecule has 0 aromatic rings. The predicted molar refractivity (Wildman–Crippen MR) is 54.6 cm³/mol. The van der Waals surface area contributed by atoms with Crippen LogP contribution in [0.2, 0.25) is 0 Å². The lowest BCUT2D eigenvalue weighted by Crippen LogP contribution is -2.22. The Morgan fingerprint density at radius 3 is 2.00 bits per heavy atom. The summed E-state index contributed by atoms with van der Waals surface area (Å²) in [5, 5.41) is 22.1. The molecular weight excluding hydrogens is 188 g/mol. The summed E-state index contributed by atoms with van der Waals surface area (Å²) in [4.78, 5) is 0. The molecule has 0 aliphatic rings. The molecule has 9 N–H and O–H groups in total. The lowest BCUT2D eigenvalue weighted by atomic mass is 10.4. The lowest BCUT2D eigenvalue weighted by Gasteiger charge is -1.90. The van der Waals surface area contributed by atoms with Crippen molar-refractivity contribution in [3.05, 3.63) is 0 Å². The first-order valence-corrected chi connectivity index (χ1v) is 3.44. The van der Waals surface area contributed by atoms with E-state index in [0.29, 0.717) is 0 Å². The van der Waals surface area contributed by atoms with E-state index in [0.717, 1.165) is 6.21 Å². The lowest BCUT2D eigenvalue weighted by molar-refractivity contribution is 0.359. The van der Waals surface area contributed by atoms with E-state index < -0.39 is 0 Å². The van der Waals surface area contributed by atoms with E-state index in [1.165, 1.54) is 0 Å². The first-order chi connectivity index (χ1) is 6.56. The van der Waals surface area contributed by atoms with Crippen LogP contribution in [-0.4, -0.2) is 35.6 Å². The molecule has 0 spiro atoms. The normalized spacial score (nSPS) is 11.4. The van der Waals surface area contributed by atoms with Crippen molar-refractivity contribution in [2.75, 3.05) is 6.61 Å². The van der Waals surface area contributed by atoms with Crippen LogP contribution in [0, 0.1) is 0 Å². The molecule has 78 valence electrons. The van der Waals surface area contributed by atoms with Crippen LogP contribution < -0.4 is 22.9 Å². The first-order valence-electron chi connectivity index (χ1n) is 3.44. The molecule has 0 atom stereocenters. The van der Waals surface area contributed by atoms with Gasteiger partial charge in [-0.15, -0.1) is 15.3 Å². The Bertz CT molecular complexity index is 282. The van der Waals surface area contributed by atoms with E-state index in [1.807, 2.05) is 0 Å². The molecule has 0 bridgehead atoms. The van der Waals surface area contributed by atoms with Gasteiger partial charge < -0.3 is 28.0 Å². The van der Waals surface area contributed by atoms with Crippen molar-refractivity contribution < 1.29 is 5.11 Å². The molecule has 14 heavy (non-hydrogen) atoms. The summed E-state index contributed by atoms with van der Waals surface area (Å²) in [7, 11) is 0. The monoisotopic (exact) mass is 200 g/mol. The number of guanidine groups is 2. The molecular formula is C5H12N8O. The Morgan fingerprint density at radius 2 is 1.57 bits per heavy atom. The summed E-state index contributed by atoms with van der Waals surface area (Å²) in [6, 6.07) is 0. The van der Waals surface area contributed by atoms with E-state index in [9.17, 15) is 0 Å². The van der Waals surface area contributed by atoms with Gasteiger partial charge in [0.15, 0.2) is 0 Å². The third-order valence-electron chi connectivity index (χ3n) is 0.836. The minimum absolute atomic E-state index is 0.114. The number of aliphatic hydroxyl groups excluding tert-OH is 1. The second kappa shape index (κ2) is 6.37. The van der Waals surface area contributed by atoms with E-state index >= 15 is 0 Å². The number of hydrogen-bond acceptors (Lipinski definition) is 5. The highest BCUT2D eigenvalue weighted by molar-refractivity contribution is 6.31. The molecule has 0 aromatic heterocycles. The van der Waals surface area contributed by atoms with Gasteiger partial charge in [-0.25, -0.2) is 0 Å². The second-order valence-corrected chi connectivity index (χ2v) is 2.04. The third-order valence-corrected chi connectivity index (χ3v) is 0.836. The zero-order valence-corrected chi connectivity index (χ0v) is 7.33. The molecule has 0 fully saturated rings. The maximum Gasteiger partial charge on any atom is 0.211 e. The smallest absolute Gasteiger partial charge is 0.211 e. The molecule has 0 saturated heterocycles. The first kappa shape index (κ1) is 11.8. The number of nitrogens with two attached hydrogens (primary N) is 4. The van der Waals surface area contributed by atoms with E-state index in [1.54, 1.807) is 0 Å². The van der Waals surface area contributed by atoms with Gasteiger partial charge in [-0.3, -0.25) is 0 Å². The van der Waals surface area contributed by atoms with Crippen LogP contribution in [0.4, 0.5) is 0 Å². The summed E-state index contributed by atoms with van der Waals surface area (Å²) in [6.45, 7) is -0.389. The van der Waals surface area contributed by atoms with Gasteiger partial charge >= 0.3 is 0 Å². The van der Waals surface area contributed by atoms with Crippen molar-refractivity contribution in [1.82, 2.24) is 0 Å². The molecule has 9 nitrogen and oxygen atoms in total. The quantitative estimate of drug-likeness (QED) is 0.183. The summed E-state index contributed by atoms with van der Waals surface area (Å²) in [5.41, 5.74) is 20.1. The van der Waals surface area contributed by atoms with Gasteiger partial charge in [0, 0.05) is 0 Å². The van der Waals surface area contributed by atoms with Gasteiger partial charge in [-0.1, -0.05) is 0 Å². The maximum absolute atomic E-state index is 8.72. The largest absolute Gasteiger partial charge is 0.390 e. The maximum atomic E-state index is 8.72. The standard InChI is InChI=1S/C5H12N8O/c6-4(7)12-10-1-3(2-14)11-13-5(8)9/h1,14H,2H2,(H4,6,7,12)(H4,8,9,13)/b10-1+,11-3+. The Labute approximate surface area is 79.9 Å². The third kappa shape index (κ3) is 6.54. The van der Waals surface area contributed by atoms with E-state index in [-0.39, 0.29) is 24.2 Å². The van der Waals surface area contributed by atoms with Crippen LogP contribution in [-0.2, 0) is 0 Å². The Balaban J connectivity index is 4.44. The highest BCUT2D eigenvalue weighted by atomic mass is 16.3. The summed E-state index contributed by atoms with van der Waals surface area (Å²) in [5.74, 6) is -0.438. The summed E-state index contributed by atoms with van der Waals surface area (Å²) >= 11 is 0. The Morgan fingerprint density at radius 1 is 1.00 bits per heavy atom. The topological polar surface area (TPSA) is 174 Å². The molecule has 0 aromatic carbocycles. The highest BCUT2D eigenvalue weighted by Crippen LogP contribution is 1.78. The van der Waals surface area contributed by atoms with Crippen molar-refractivity contribution >= 4 is 23.8 Å². The van der Waals surface area contributed by atoms with Crippen molar-refractivity contribution in [3.8, 4) is 0 Å². The average Bonchev–Trinajstić information content (AvgIpc) is 2.10. The van der Waals surface area contributed by atoms with Crippen LogP contribution in [0.3, 0.4) is 0 Å². The number of rotatable bonds is 4. The van der Waals surface area contributed by atoms with Gasteiger partial charge in [0.05, 0.1) is 12.8 Å². The van der Waals surface area contributed by atoms with Crippen molar-refractivity contribution in [1.29, 1.82) is 0 Å². The van der Waals surface area contributed by atoms with Gasteiger partial charge in [0.25, 0.3) is 0 Å². The van der Waals surface area contributed by atoms with Crippen molar-refractivity contribution in [2.24, 2.45) is 43.3 Å². The molecule has 0 amide bonds. The second-order valence-electron chi connectivity index (χ2n) is 2.04. The Hall–Kier alpha value is -2.16. The highest BCUT2D eigenvalue weighted by Gasteiger charge is 1.91. The minimum atomic E-state index is -0.389. The minimum Gasteiger partial charge on any atom is -0.390 e. The average molecular weight is 200 g/mol. The van der Waals surface area contributed by atoms with E-state index in [2.05, 4.69) is 20.4 Å². The predicted octanol–water partition coefficient (Wildman–Crippen LogP) is -3.13. The molecule has 0 aliphatic carbocycles. The van der Waals surface area contributed by atoms with Gasteiger partial charge in [0.1, 0.15) is 5.71 Å². The molecule has 9 heteroatoms. The molecule has 0 rings (SSSR count). The fraction of sp³-hybridized carbons (Fsp3) is 0.200. The molecule has 0 saturated carbocycles. The number of nitrogens with zero attached hydrogens (tertiary/aromatic N) is 4. The van der Waals surface area contributed by atoms with Crippen LogP contribution in [0.1, 0.15) is 0 Å². The zero-order valence-electron chi connectivity index (χ0n) is 7.33. The van der Waals surface area contributed by atoms with Gasteiger partial charge in [-0.2, -0.15) is 5.10 Å². The molecule has 0 heterocycles. The Kier molecular flexibility index (Phi) is 5.38. The SMILES string of the molecule is NC(N)=N/N=C/C(CO)=N\N=C(N)N. The van der Waals surface area contributed by atoms with Crippen molar-refractivity contribution in [2.45, 2.75) is 0 Å². The van der Waals surface area contributed by atoms with Crippen LogP contribution in [0.5, 0.6) is 0 Å². The number of aliphatic hydroxyl groups is 1.